The molecule has 1 aromatic carbocycles. The second-order valence-corrected chi connectivity index (χ2v) is 4.49. The van der Waals surface area contributed by atoms with Gasteiger partial charge in [0.25, 0.3) is 0 Å². The molecule has 0 bridgehead atoms. The fourth-order valence-electron chi connectivity index (χ4n) is 2.21. The maximum atomic E-state index is 5.86. The van der Waals surface area contributed by atoms with Crippen LogP contribution < -0.4 is 10.5 Å². The monoisotopic (exact) mass is 260 g/mol. The Hall–Kier alpha value is -1.78. The Morgan fingerprint density at radius 1 is 1.26 bits per heavy atom. The number of furan rings is 1. The summed E-state index contributed by atoms with van der Waals surface area (Å²) in [5.74, 6) is 1.78. The highest BCUT2D eigenvalue weighted by Crippen LogP contribution is 2.24. The second-order valence-electron chi connectivity index (χ2n) is 4.49. The van der Waals surface area contributed by atoms with E-state index in [1.54, 1.807) is 13.4 Å². The SMILES string of the molecule is COc1ccccc1CN(C)C(CN)c1ccco1. The Kier molecular flexibility index (Phi) is 4.60. The van der Waals surface area contributed by atoms with Crippen molar-refractivity contribution in [2.75, 3.05) is 20.7 Å². The van der Waals surface area contributed by atoms with E-state index in [0.29, 0.717) is 6.54 Å². The molecule has 102 valence electrons. The van der Waals surface area contributed by atoms with E-state index in [9.17, 15) is 0 Å². The first kappa shape index (κ1) is 13.6. The molecule has 0 amide bonds. The number of nitrogens with zero attached hydrogens (tertiary/aromatic N) is 1. The number of nitrogens with two attached hydrogens (primary N) is 1. The zero-order chi connectivity index (χ0) is 13.7. The van der Waals surface area contributed by atoms with Crippen molar-refractivity contribution in [1.29, 1.82) is 0 Å². The zero-order valence-corrected chi connectivity index (χ0v) is 11.4. The fraction of sp³-hybridized carbons (Fsp3) is 0.333. The molecular formula is C15H20N2O2. The highest BCUT2D eigenvalue weighted by atomic mass is 16.5. The minimum atomic E-state index is 0.0694. The first-order valence-electron chi connectivity index (χ1n) is 6.32. The summed E-state index contributed by atoms with van der Waals surface area (Å²) in [5, 5.41) is 0. The first-order valence-corrected chi connectivity index (χ1v) is 6.32. The molecule has 2 N–H and O–H groups in total. The molecule has 2 rings (SSSR count). The maximum Gasteiger partial charge on any atom is 0.123 e. The minimum absolute atomic E-state index is 0.0694. The number of methoxy groups -OCH3 is 1. The van der Waals surface area contributed by atoms with Gasteiger partial charge in [-0.25, -0.2) is 0 Å². The summed E-state index contributed by atoms with van der Waals surface area (Å²) in [5.41, 5.74) is 6.99. The molecule has 19 heavy (non-hydrogen) atoms. The van der Waals surface area contributed by atoms with Crippen molar-refractivity contribution in [1.82, 2.24) is 4.90 Å². The second kappa shape index (κ2) is 6.41. The molecule has 1 aromatic heterocycles. The molecule has 2 aromatic rings. The van der Waals surface area contributed by atoms with Crippen molar-refractivity contribution in [3.05, 3.63) is 54.0 Å². The molecule has 0 aliphatic rings. The van der Waals surface area contributed by atoms with Gasteiger partial charge in [-0.05, 0) is 25.2 Å². The lowest BCUT2D eigenvalue weighted by atomic mass is 10.1. The van der Waals surface area contributed by atoms with Gasteiger partial charge in [-0.3, -0.25) is 4.90 Å². The molecule has 0 saturated carbocycles. The molecule has 1 atom stereocenters. The van der Waals surface area contributed by atoms with Crippen LogP contribution in [0.25, 0.3) is 0 Å². The van der Waals surface area contributed by atoms with E-state index in [2.05, 4.69) is 11.0 Å². The van der Waals surface area contributed by atoms with Gasteiger partial charge in [-0.1, -0.05) is 18.2 Å². The van der Waals surface area contributed by atoms with Crippen molar-refractivity contribution in [3.63, 3.8) is 0 Å². The molecule has 0 fully saturated rings. The van der Waals surface area contributed by atoms with Crippen LogP contribution in [0.15, 0.2) is 47.1 Å². The Morgan fingerprint density at radius 2 is 2.05 bits per heavy atom. The van der Waals surface area contributed by atoms with Crippen LogP contribution in [0.5, 0.6) is 5.75 Å². The molecular weight excluding hydrogens is 240 g/mol. The zero-order valence-electron chi connectivity index (χ0n) is 11.4. The average Bonchev–Trinajstić information content (AvgIpc) is 2.94. The predicted molar refractivity (Wildman–Crippen MR) is 75.0 cm³/mol. The van der Waals surface area contributed by atoms with E-state index < -0.39 is 0 Å². The summed E-state index contributed by atoms with van der Waals surface area (Å²) < 4.78 is 10.8. The molecule has 1 unspecified atom stereocenters. The lowest BCUT2D eigenvalue weighted by Gasteiger charge is -2.25. The average molecular weight is 260 g/mol. The molecule has 1 heterocycles. The summed E-state index contributed by atoms with van der Waals surface area (Å²) in [6, 6.07) is 11.9. The van der Waals surface area contributed by atoms with Crippen LogP contribution >= 0.6 is 0 Å². The van der Waals surface area contributed by atoms with Crippen LogP contribution in [0.2, 0.25) is 0 Å². The van der Waals surface area contributed by atoms with Crippen molar-refractivity contribution in [2.45, 2.75) is 12.6 Å². The van der Waals surface area contributed by atoms with E-state index in [1.807, 2.05) is 37.4 Å². The van der Waals surface area contributed by atoms with Crippen LogP contribution in [0.4, 0.5) is 0 Å². The van der Waals surface area contributed by atoms with Crippen LogP contribution in [-0.2, 0) is 6.54 Å². The topological polar surface area (TPSA) is 51.6 Å². The Bertz CT molecular complexity index is 497. The van der Waals surface area contributed by atoms with Gasteiger partial charge in [0.05, 0.1) is 19.4 Å². The van der Waals surface area contributed by atoms with Gasteiger partial charge in [0, 0.05) is 18.7 Å². The number of likely N-dealkylation sites (N-methyl/N-ethyl adjacent to an activating group) is 1. The van der Waals surface area contributed by atoms with Gasteiger partial charge >= 0.3 is 0 Å². The molecule has 0 aliphatic carbocycles. The summed E-state index contributed by atoms with van der Waals surface area (Å²) in [4.78, 5) is 2.16. The van der Waals surface area contributed by atoms with Gasteiger partial charge in [0.2, 0.25) is 0 Å². The van der Waals surface area contributed by atoms with Gasteiger partial charge in [-0.2, -0.15) is 0 Å². The van der Waals surface area contributed by atoms with Gasteiger partial charge in [0.1, 0.15) is 11.5 Å². The number of benzene rings is 1. The fourth-order valence-corrected chi connectivity index (χ4v) is 2.21. The third-order valence-electron chi connectivity index (χ3n) is 3.24. The standard InChI is InChI=1S/C15H20N2O2/c1-17(13(10-16)15-8-5-9-19-15)11-12-6-3-4-7-14(12)18-2/h3-9,13H,10-11,16H2,1-2H3. The van der Waals surface area contributed by atoms with Crippen LogP contribution in [0.3, 0.4) is 0 Å². The number of ether oxygens (including phenoxy) is 1. The van der Waals surface area contributed by atoms with E-state index in [4.69, 9.17) is 14.9 Å². The van der Waals surface area contributed by atoms with E-state index in [0.717, 1.165) is 23.6 Å². The van der Waals surface area contributed by atoms with E-state index >= 15 is 0 Å². The van der Waals surface area contributed by atoms with Gasteiger partial charge < -0.3 is 14.9 Å². The largest absolute Gasteiger partial charge is 0.496 e. The lowest BCUT2D eigenvalue weighted by Crippen LogP contribution is -2.30. The van der Waals surface area contributed by atoms with Crippen LogP contribution in [-0.4, -0.2) is 25.6 Å². The first-order chi connectivity index (χ1) is 9.26. The number of para-hydroxylation sites is 1. The van der Waals surface area contributed by atoms with E-state index in [-0.39, 0.29) is 6.04 Å². The smallest absolute Gasteiger partial charge is 0.123 e. The summed E-state index contributed by atoms with van der Waals surface area (Å²) in [6.07, 6.45) is 1.68. The van der Waals surface area contributed by atoms with Crippen molar-refractivity contribution < 1.29 is 9.15 Å². The molecule has 0 spiro atoms. The van der Waals surface area contributed by atoms with Gasteiger partial charge in [-0.15, -0.1) is 0 Å². The van der Waals surface area contributed by atoms with Crippen molar-refractivity contribution in [3.8, 4) is 5.75 Å². The summed E-state index contributed by atoms with van der Waals surface area (Å²) in [6.45, 7) is 1.27. The third-order valence-corrected chi connectivity index (χ3v) is 3.24. The van der Waals surface area contributed by atoms with Crippen LogP contribution in [0, 0.1) is 0 Å². The van der Waals surface area contributed by atoms with Crippen molar-refractivity contribution in [2.24, 2.45) is 5.73 Å². The Morgan fingerprint density at radius 3 is 2.68 bits per heavy atom. The van der Waals surface area contributed by atoms with Gasteiger partial charge in [0.15, 0.2) is 0 Å². The third kappa shape index (κ3) is 3.16. The molecule has 0 radical (unpaired) electrons. The summed E-state index contributed by atoms with van der Waals surface area (Å²) >= 11 is 0. The predicted octanol–water partition coefficient (Wildman–Crippen LogP) is 2.42. The number of hydrogen-bond acceptors (Lipinski definition) is 4. The highest BCUT2D eigenvalue weighted by molar-refractivity contribution is 5.33. The molecule has 0 aliphatic heterocycles. The number of rotatable bonds is 6. The lowest BCUT2D eigenvalue weighted by molar-refractivity contribution is 0.210. The molecule has 4 heteroatoms. The Labute approximate surface area is 113 Å². The van der Waals surface area contributed by atoms with E-state index in [1.165, 1.54) is 0 Å². The Balaban J connectivity index is 2.13. The minimum Gasteiger partial charge on any atom is -0.496 e. The van der Waals surface area contributed by atoms with Crippen LogP contribution in [0.1, 0.15) is 17.4 Å². The normalized spacial score (nSPS) is 12.6. The van der Waals surface area contributed by atoms with Crippen molar-refractivity contribution >= 4 is 0 Å². The summed E-state index contributed by atoms with van der Waals surface area (Å²) in [7, 11) is 3.72. The number of hydrogen-bond donors (Lipinski definition) is 1. The molecule has 4 nitrogen and oxygen atoms in total. The highest BCUT2D eigenvalue weighted by Gasteiger charge is 2.19. The maximum absolute atomic E-state index is 5.86. The quantitative estimate of drug-likeness (QED) is 0.866. The molecule has 0 saturated heterocycles.